The molecule has 12 heavy (non-hydrogen) atoms. The summed E-state index contributed by atoms with van der Waals surface area (Å²) >= 11 is 0. The molecule has 1 aliphatic heterocycles. The summed E-state index contributed by atoms with van der Waals surface area (Å²) in [6.07, 6.45) is 4.79. The Hall–Kier alpha value is -0.0800. The summed E-state index contributed by atoms with van der Waals surface area (Å²) in [6, 6.07) is 0.881. The second-order valence-corrected chi connectivity index (χ2v) is 4.38. The molecule has 1 aliphatic carbocycles. The van der Waals surface area contributed by atoms with E-state index in [0.29, 0.717) is 6.10 Å². The van der Waals surface area contributed by atoms with Gasteiger partial charge in [-0.25, -0.2) is 0 Å². The van der Waals surface area contributed by atoms with E-state index < -0.39 is 0 Å². The van der Waals surface area contributed by atoms with Gasteiger partial charge in [0.2, 0.25) is 0 Å². The maximum absolute atomic E-state index is 5.26. The molecule has 0 aromatic carbocycles. The summed E-state index contributed by atoms with van der Waals surface area (Å²) in [7, 11) is 1.82. The Morgan fingerprint density at radius 1 is 1.25 bits per heavy atom. The van der Waals surface area contributed by atoms with E-state index in [0.717, 1.165) is 12.0 Å². The zero-order chi connectivity index (χ0) is 8.55. The zero-order valence-corrected chi connectivity index (χ0v) is 8.12. The normalized spacial score (nSPS) is 38.5. The van der Waals surface area contributed by atoms with Crippen LogP contribution in [0.5, 0.6) is 0 Å². The minimum atomic E-state index is 0.529. The Balaban J connectivity index is 1.74. The molecular formula is C10H19NO. The molecule has 0 radical (unpaired) electrons. The maximum Gasteiger partial charge on any atom is 0.0825 e. The third-order valence-corrected chi connectivity index (χ3v) is 3.39. The molecule has 2 atom stereocenters. The van der Waals surface area contributed by atoms with Crippen molar-refractivity contribution in [2.75, 3.05) is 20.2 Å². The van der Waals surface area contributed by atoms with Crippen LogP contribution in [-0.4, -0.2) is 37.2 Å². The van der Waals surface area contributed by atoms with Gasteiger partial charge in [0.15, 0.2) is 0 Å². The maximum atomic E-state index is 5.26. The molecule has 2 nitrogen and oxygen atoms in total. The smallest absolute Gasteiger partial charge is 0.0825 e. The van der Waals surface area contributed by atoms with E-state index in [4.69, 9.17) is 4.74 Å². The molecule has 2 heteroatoms. The molecule has 1 saturated heterocycles. The van der Waals surface area contributed by atoms with Crippen LogP contribution in [0.2, 0.25) is 0 Å². The molecule has 2 aliphatic rings. The van der Waals surface area contributed by atoms with Gasteiger partial charge in [0.1, 0.15) is 0 Å². The molecule has 0 aromatic heterocycles. The van der Waals surface area contributed by atoms with Gasteiger partial charge in [0.05, 0.1) is 6.10 Å². The van der Waals surface area contributed by atoms with Crippen LogP contribution in [0.3, 0.4) is 0 Å². The SMILES string of the molecule is COC1CN(C2CCC(C)C2)C1. The Morgan fingerprint density at radius 3 is 2.50 bits per heavy atom. The molecule has 0 amide bonds. The highest BCUT2D eigenvalue weighted by Gasteiger charge is 2.35. The minimum Gasteiger partial charge on any atom is -0.379 e. The van der Waals surface area contributed by atoms with Crippen molar-refractivity contribution < 1.29 is 4.74 Å². The van der Waals surface area contributed by atoms with Crippen molar-refractivity contribution in [3.63, 3.8) is 0 Å². The number of hydrogen-bond acceptors (Lipinski definition) is 2. The standard InChI is InChI=1S/C10H19NO/c1-8-3-4-9(5-8)11-6-10(7-11)12-2/h8-10H,3-7H2,1-2H3. The van der Waals surface area contributed by atoms with Crippen LogP contribution < -0.4 is 0 Å². The first-order valence-corrected chi connectivity index (χ1v) is 5.06. The third kappa shape index (κ3) is 1.50. The molecule has 0 aromatic rings. The average molecular weight is 169 g/mol. The van der Waals surface area contributed by atoms with Crippen molar-refractivity contribution in [2.45, 2.75) is 38.3 Å². The predicted octanol–water partition coefficient (Wildman–Crippen LogP) is 1.51. The van der Waals surface area contributed by atoms with Crippen molar-refractivity contribution in [1.82, 2.24) is 4.90 Å². The lowest BCUT2D eigenvalue weighted by atomic mass is 10.1. The van der Waals surface area contributed by atoms with Crippen molar-refractivity contribution in [3.8, 4) is 0 Å². The van der Waals surface area contributed by atoms with Gasteiger partial charge in [-0.05, 0) is 25.2 Å². The van der Waals surface area contributed by atoms with Crippen LogP contribution in [0.1, 0.15) is 26.2 Å². The molecule has 1 saturated carbocycles. The Bertz CT molecular complexity index is 154. The van der Waals surface area contributed by atoms with Gasteiger partial charge in [0, 0.05) is 26.2 Å². The van der Waals surface area contributed by atoms with Crippen molar-refractivity contribution in [3.05, 3.63) is 0 Å². The van der Waals surface area contributed by atoms with Crippen LogP contribution in [-0.2, 0) is 4.74 Å². The van der Waals surface area contributed by atoms with E-state index in [1.807, 2.05) is 7.11 Å². The fourth-order valence-corrected chi connectivity index (χ4v) is 2.43. The molecule has 0 bridgehead atoms. The summed E-state index contributed by atoms with van der Waals surface area (Å²) in [5.41, 5.74) is 0. The quantitative estimate of drug-likeness (QED) is 0.621. The molecule has 2 unspecified atom stereocenters. The zero-order valence-electron chi connectivity index (χ0n) is 8.12. The van der Waals surface area contributed by atoms with Gasteiger partial charge in [0.25, 0.3) is 0 Å². The lowest BCUT2D eigenvalue weighted by molar-refractivity contribution is -0.0497. The number of rotatable bonds is 2. The number of likely N-dealkylation sites (tertiary alicyclic amines) is 1. The molecule has 70 valence electrons. The average Bonchev–Trinajstić information content (AvgIpc) is 2.34. The summed E-state index contributed by atoms with van der Waals surface area (Å²) in [6.45, 7) is 4.72. The topological polar surface area (TPSA) is 12.5 Å². The van der Waals surface area contributed by atoms with E-state index in [-0.39, 0.29) is 0 Å². The lowest BCUT2D eigenvalue weighted by Crippen LogP contribution is -2.55. The lowest BCUT2D eigenvalue weighted by Gasteiger charge is -2.42. The van der Waals surface area contributed by atoms with Crippen LogP contribution in [0.4, 0.5) is 0 Å². The first-order valence-electron chi connectivity index (χ1n) is 5.06. The summed E-state index contributed by atoms with van der Waals surface area (Å²) < 4.78 is 5.26. The predicted molar refractivity (Wildman–Crippen MR) is 49.2 cm³/mol. The van der Waals surface area contributed by atoms with Crippen molar-refractivity contribution in [1.29, 1.82) is 0 Å². The van der Waals surface area contributed by atoms with E-state index in [1.165, 1.54) is 32.4 Å². The molecule has 0 spiro atoms. The Kier molecular flexibility index (Phi) is 2.37. The van der Waals surface area contributed by atoms with Gasteiger partial charge >= 0.3 is 0 Å². The van der Waals surface area contributed by atoms with Gasteiger partial charge in [-0.2, -0.15) is 0 Å². The van der Waals surface area contributed by atoms with E-state index >= 15 is 0 Å². The van der Waals surface area contributed by atoms with Crippen molar-refractivity contribution >= 4 is 0 Å². The summed E-state index contributed by atoms with van der Waals surface area (Å²) in [5.74, 6) is 0.955. The first kappa shape index (κ1) is 8.52. The minimum absolute atomic E-state index is 0.529. The summed E-state index contributed by atoms with van der Waals surface area (Å²) in [5, 5.41) is 0. The monoisotopic (exact) mass is 169 g/mol. The van der Waals surface area contributed by atoms with E-state index in [9.17, 15) is 0 Å². The highest BCUT2D eigenvalue weighted by atomic mass is 16.5. The largest absolute Gasteiger partial charge is 0.379 e. The Labute approximate surface area is 74.9 Å². The first-order chi connectivity index (χ1) is 5.79. The molecule has 2 rings (SSSR count). The summed E-state index contributed by atoms with van der Waals surface area (Å²) in [4.78, 5) is 2.58. The van der Waals surface area contributed by atoms with Gasteiger partial charge in [-0.1, -0.05) is 6.92 Å². The van der Waals surface area contributed by atoms with Crippen LogP contribution >= 0.6 is 0 Å². The number of hydrogen-bond donors (Lipinski definition) is 0. The number of nitrogens with zero attached hydrogens (tertiary/aromatic N) is 1. The molecule has 2 fully saturated rings. The van der Waals surface area contributed by atoms with Crippen LogP contribution in [0.15, 0.2) is 0 Å². The molecule has 0 N–H and O–H groups in total. The van der Waals surface area contributed by atoms with E-state index in [1.54, 1.807) is 0 Å². The van der Waals surface area contributed by atoms with Crippen LogP contribution in [0.25, 0.3) is 0 Å². The third-order valence-electron chi connectivity index (χ3n) is 3.39. The van der Waals surface area contributed by atoms with E-state index in [2.05, 4.69) is 11.8 Å². The number of methoxy groups -OCH3 is 1. The number of ether oxygens (including phenoxy) is 1. The van der Waals surface area contributed by atoms with Gasteiger partial charge in [-0.3, -0.25) is 4.90 Å². The highest BCUT2D eigenvalue weighted by Crippen LogP contribution is 2.31. The fourth-order valence-electron chi connectivity index (χ4n) is 2.43. The Morgan fingerprint density at radius 2 is 2.00 bits per heavy atom. The van der Waals surface area contributed by atoms with Crippen LogP contribution in [0, 0.1) is 5.92 Å². The van der Waals surface area contributed by atoms with Gasteiger partial charge in [-0.15, -0.1) is 0 Å². The van der Waals surface area contributed by atoms with Gasteiger partial charge < -0.3 is 4.74 Å². The van der Waals surface area contributed by atoms with Crippen molar-refractivity contribution in [2.24, 2.45) is 5.92 Å². The second-order valence-electron chi connectivity index (χ2n) is 4.38. The molecular weight excluding hydrogens is 150 g/mol. The second kappa shape index (κ2) is 3.35. The fraction of sp³-hybridized carbons (Fsp3) is 1.00. The molecule has 1 heterocycles. The highest BCUT2D eigenvalue weighted by molar-refractivity contribution is 4.89.